The molecule has 25 heavy (non-hydrogen) atoms. The molecular formula is C17H21F2NO5. The van der Waals surface area contributed by atoms with E-state index in [1.165, 1.54) is 0 Å². The van der Waals surface area contributed by atoms with Crippen LogP contribution in [0.1, 0.15) is 27.2 Å². The maximum absolute atomic E-state index is 13.5. The summed E-state index contributed by atoms with van der Waals surface area (Å²) >= 11 is 0. The molecule has 0 aliphatic heterocycles. The number of hydrogen-bond donors (Lipinski definition) is 2. The SMILES string of the molecule is CCOC1CC(NC(=O)COc2ccc(F)cc2F)(C(=O)O)C1(C)C. The van der Waals surface area contributed by atoms with Crippen molar-refractivity contribution < 1.29 is 33.0 Å². The summed E-state index contributed by atoms with van der Waals surface area (Å²) in [5, 5.41) is 12.1. The van der Waals surface area contributed by atoms with E-state index in [0.29, 0.717) is 12.7 Å². The molecule has 2 atom stereocenters. The molecule has 1 aliphatic carbocycles. The van der Waals surface area contributed by atoms with Crippen molar-refractivity contribution >= 4 is 11.9 Å². The van der Waals surface area contributed by atoms with E-state index < -0.39 is 41.1 Å². The number of ether oxygens (including phenoxy) is 2. The first-order chi connectivity index (χ1) is 11.6. The number of carbonyl (C=O) groups excluding carboxylic acids is 1. The Bertz CT molecular complexity index is 679. The van der Waals surface area contributed by atoms with E-state index in [1.54, 1.807) is 20.8 Å². The van der Waals surface area contributed by atoms with E-state index in [-0.39, 0.29) is 18.3 Å². The molecule has 1 aromatic carbocycles. The standard InChI is InChI=1S/C17H21F2NO5/c1-4-24-13-8-17(15(22)23,16(13,2)3)20-14(21)9-25-12-6-5-10(18)7-11(12)19/h5-7,13H,4,8-9H2,1-3H3,(H,20,21)(H,22,23). The quantitative estimate of drug-likeness (QED) is 0.781. The molecule has 0 spiro atoms. The molecule has 2 unspecified atom stereocenters. The minimum atomic E-state index is -1.49. The Hall–Kier alpha value is -2.22. The van der Waals surface area contributed by atoms with Gasteiger partial charge in [0.1, 0.15) is 11.4 Å². The number of aliphatic carboxylic acids is 1. The van der Waals surface area contributed by atoms with Gasteiger partial charge in [-0.25, -0.2) is 13.6 Å². The number of amides is 1. The van der Waals surface area contributed by atoms with Crippen LogP contribution in [0.4, 0.5) is 8.78 Å². The molecule has 138 valence electrons. The molecule has 1 aliphatic rings. The molecule has 0 saturated heterocycles. The van der Waals surface area contributed by atoms with Crippen LogP contribution in [0.2, 0.25) is 0 Å². The Morgan fingerprint density at radius 3 is 2.56 bits per heavy atom. The molecule has 0 aromatic heterocycles. The molecule has 6 nitrogen and oxygen atoms in total. The summed E-state index contributed by atoms with van der Waals surface area (Å²) in [6.45, 7) is 5.05. The Morgan fingerprint density at radius 1 is 1.36 bits per heavy atom. The Balaban J connectivity index is 2.03. The minimum absolute atomic E-state index is 0.125. The van der Waals surface area contributed by atoms with Crippen LogP contribution in [-0.4, -0.2) is 41.8 Å². The lowest BCUT2D eigenvalue weighted by atomic mass is 9.54. The first-order valence-corrected chi connectivity index (χ1v) is 7.88. The lowest BCUT2D eigenvalue weighted by Gasteiger charge is -2.58. The maximum Gasteiger partial charge on any atom is 0.330 e. The van der Waals surface area contributed by atoms with E-state index >= 15 is 0 Å². The van der Waals surface area contributed by atoms with Crippen LogP contribution < -0.4 is 10.1 Å². The van der Waals surface area contributed by atoms with Crippen LogP contribution in [0.5, 0.6) is 5.75 Å². The van der Waals surface area contributed by atoms with Crippen molar-refractivity contribution in [1.29, 1.82) is 0 Å². The van der Waals surface area contributed by atoms with Gasteiger partial charge in [0, 0.05) is 24.5 Å². The van der Waals surface area contributed by atoms with E-state index in [9.17, 15) is 23.5 Å². The third-order valence-electron chi connectivity index (χ3n) is 4.73. The zero-order chi connectivity index (χ0) is 18.8. The summed E-state index contributed by atoms with van der Waals surface area (Å²) in [6, 6.07) is 2.69. The summed E-state index contributed by atoms with van der Waals surface area (Å²) in [5.41, 5.74) is -2.32. The van der Waals surface area contributed by atoms with E-state index in [0.717, 1.165) is 12.1 Å². The third kappa shape index (κ3) is 3.44. The normalized spacial score (nSPS) is 24.3. The Morgan fingerprint density at radius 2 is 2.04 bits per heavy atom. The lowest BCUT2D eigenvalue weighted by molar-refractivity contribution is -0.194. The van der Waals surface area contributed by atoms with Crippen molar-refractivity contribution in [2.24, 2.45) is 5.41 Å². The highest BCUT2D eigenvalue weighted by molar-refractivity contribution is 5.90. The predicted octanol–water partition coefficient (Wildman–Crippen LogP) is 2.12. The molecule has 1 aromatic rings. The summed E-state index contributed by atoms with van der Waals surface area (Å²) in [7, 11) is 0. The van der Waals surface area contributed by atoms with Gasteiger partial charge in [-0.1, -0.05) is 13.8 Å². The zero-order valence-corrected chi connectivity index (χ0v) is 14.3. The van der Waals surface area contributed by atoms with Gasteiger partial charge < -0.3 is 19.9 Å². The van der Waals surface area contributed by atoms with Crippen molar-refractivity contribution in [1.82, 2.24) is 5.32 Å². The van der Waals surface area contributed by atoms with Crippen molar-refractivity contribution in [2.45, 2.75) is 38.8 Å². The average molecular weight is 357 g/mol. The minimum Gasteiger partial charge on any atom is -0.481 e. The van der Waals surface area contributed by atoms with Crippen LogP contribution in [0.3, 0.4) is 0 Å². The van der Waals surface area contributed by atoms with Gasteiger partial charge in [0.2, 0.25) is 0 Å². The van der Waals surface area contributed by atoms with E-state index in [4.69, 9.17) is 9.47 Å². The van der Waals surface area contributed by atoms with Crippen molar-refractivity contribution in [3.63, 3.8) is 0 Å². The zero-order valence-electron chi connectivity index (χ0n) is 14.3. The smallest absolute Gasteiger partial charge is 0.330 e. The fourth-order valence-electron chi connectivity index (χ4n) is 3.05. The summed E-state index contributed by atoms with van der Waals surface area (Å²) in [6.07, 6.45) is -0.177. The van der Waals surface area contributed by atoms with Gasteiger partial charge in [0.15, 0.2) is 18.2 Å². The molecule has 2 N–H and O–H groups in total. The third-order valence-corrected chi connectivity index (χ3v) is 4.73. The molecule has 0 radical (unpaired) electrons. The van der Waals surface area contributed by atoms with Crippen LogP contribution in [-0.2, 0) is 14.3 Å². The monoisotopic (exact) mass is 357 g/mol. The van der Waals surface area contributed by atoms with Crippen LogP contribution in [0.15, 0.2) is 18.2 Å². The Kier molecular flexibility index (Phi) is 5.31. The summed E-state index contributed by atoms with van der Waals surface area (Å²) < 4.78 is 36.9. The number of carboxylic acid groups (broad SMARTS) is 1. The van der Waals surface area contributed by atoms with Crippen LogP contribution in [0.25, 0.3) is 0 Å². The van der Waals surface area contributed by atoms with Crippen LogP contribution in [0, 0.1) is 17.0 Å². The summed E-state index contributed by atoms with van der Waals surface area (Å²) in [5.74, 6) is -3.89. The van der Waals surface area contributed by atoms with Crippen LogP contribution >= 0.6 is 0 Å². The molecule has 2 rings (SSSR count). The van der Waals surface area contributed by atoms with Gasteiger partial charge in [-0.15, -0.1) is 0 Å². The molecule has 1 saturated carbocycles. The van der Waals surface area contributed by atoms with E-state index in [2.05, 4.69) is 5.32 Å². The maximum atomic E-state index is 13.5. The molecule has 1 fully saturated rings. The number of rotatable bonds is 7. The molecule has 8 heteroatoms. The number of carbonyl (C=O) groups is 2. The molecular weight excluding hydrogens is 336 g/mol. The van der Waals surface area contributed by atoms with Crippen molar-refractivity contribution in [2.75, 3.05) is 13.2 Å². The highest BCUT2D eigenvalue weighted by Crippen LogP contribution is 2.51. The van der Waals surface area contributed by atoms with E-state index in [1.807, 2.05) is 0 Å². The second-order valence-electron chi connectivity index (χ2n) is 6.49. The van der Waals surface area contributed by atoms with Gasteiger partial charge in [0.25, 0.3) is 5.91 Å². The largest absolute Gasteiger partial charge is 0.481 e. The predicted molar refractivity (Wildman–Crippen MR) is 84.2 cm³/mol. The first-order valence-electron chi connectivity index (χ1n) is 7.88. The number of carboxylic acids is 1. The highest BCUT2D eigenvalue weighted by atomic mass is 19.1. The number of halogens is 2. The number of hydrogen-bond acceptors (Lipinski definition) is 4. The Labute approximate surface area is 144 Å². The van der Waals surface area contributed by atoms with Crippen molar-refractivity contribution in [3.8, 4) is 5.75 Å². The lowest BCUT2D eigenvalue weighted by Crippen LogP contribution is -2.76. The van der Waals surface area contributed by atoms with Crippen molar-refractivity contribution in [3.05, 3.63) is 29.8 Å². The first kappa shape index (κ1) is 19.1. The van der Waals surface area contributed by atoms with Gasteiger partial charge in [0.05, 0.1) is 6.10 Å². The summed E-state index contributed by atoms with van der Waals surface area (Å²) in [4.78, 5) is 23.9. The number of benzene rings is 1. The average Bonchev–Trinajstić information content (AvgIpc) is 2.52. The fourth-order valence-corrected chi connectivity index (χ4v) is 3.05. The van der Waals surface area contributed by atoms with Gasteiger partial charge in [-0.3, -0.25) is 4.79 Å². The topological polar surface area (TPSA) is 84.9 Å². The molecule has 1 amide bonds. The van der Waals surface area contributed by atoms with Gasteiger partial charge >= 0.3 is 5.97 Å². The highest BCUT2D eigenvalue weighted by Gasteiger charge is 2.66. The second-order valence-corrected chi connectivity index (χ2v) is 6.49. The molecule has 0 bridgehead atoms. The number of nitrogens with one attached hydrogen (secondary N) is 1. The van der Waals surface area contributed by atoms with Gasteiger partial charge in [-0.2, -0.15) is 0 Å². The molecule has 0 heterocycles. The second kappa shape index (κ2) is 6.95. The fraction of sp³-hybridized carbons (Fsp3) is 0.529. The van der Waals surface area contributed by atoms with Gasteiger partial charge in [-0.05, 0) is 19.1 Å².